The van der Waals surface area contributed by atoms with E-state index in [-0.39, 0.29) is 11.3 Å². The Balaban J connectivity index is 1.84. The van der Waals surface area contributed by atoms with E-state index >= 15 is 0 Å². The molecule has 1 saturated heterocycles. The molecule has 6 nitrogen and oxygen atoms in total. The summed E-state index contributed by atoms with van der Waals surface area (Å²) in [6.07, 6.45) is 1.16. The van der Waals surface area contributed by atoms with Gasteiger partial charge in [-0.05, 0) is 23.0 Å². The second kappa shape index (κ2) is 8.06. The highest BCUT2D eigenvalue weighted by Gasteiger charge is 2.29. The van der Waals surface area contributed by atoms with Crippen LogP contribution in [0.1, 0.15) is 38.3 Å². The van der Waals surface area contributed by atoms with Crippen molar-refractivity contribution in [3.05, 3.63) is 35.4 Å². The Morgan fingerprint density at radius 2 is 1.58 bits per heavy atom. The van der Waals surface area contributed by atoms with Crippen LogP contribution in [-0.4, -0.2) is 68.1 Å². The largest absolute Gasteiger partial charge is 0.340 e. The van der Waals surface area contributed by atoms with E-state index in [0.29, 0.717) is 39.0 Å². The number of hydrogen-bond donors (Lipinski definition) is 0. The van der Waals surface area contributed by atoms with E-state index in [1.165, 1.54) is 28.3 Å². The Morgan fingerprint density at radius 1 is 1.04 bits per heavy atom. The third kappa shape index (κ3) is 5.05. The van der Waals surface area contributed by atoms with E-state index < -0.39 is 10.2 Å². The number of carbonyl (C=O) groups is 1. The van der Waals surface area contributed by atoms with Crippen LogP contribution in [0.25, 0.3) is 0 Å². The second-order valence-corrected chi connectivity index (χ2v) is 10.2. The quantitative estimate of drug-likeness (QED) is 0.782. The van der Waals surface area contributed by atoms with Gasteiger partial charge in [0.2, 0.25) is 5.91 Å². The molecule has 0 aliphatic carbocycles. The van der Waals surface area contributed by atoms with Gasteiger partial charge in [0.05, 0.1) is 0 Å². The standard InChI is InChI=1S/C19H31N3O3S/c1-19(2,3)17-9-6-16(7-10-17)8-11-18(23)21-12-14-22(15-13-21)26(24,25)20(4)5/h6-7,9-10H,8,11-15H2,1-5H3. The summed E-state index contributed by atoms with van der Waals surface area (Å²) in [4.78, 5) is 14.2. The van der Waals surface area contributed by atoms with Crippen molar-refractivity contribution in [2.75, 3.05) is 40.3 Å². The lowest BCUT2D eigenvalue weighted by molar-refractivity contribution is -0.132. The van der Waals surface area contributed by atoms with Crippen LogP contribution in [0.15, 0.2) is 24.3 Å². The molecule has 1 amide bonds. The summed E-state index contributed by atoms with van der Waals surface area (Å²) in [5.74, 6) is 0.0896. The first kappa shape index (κ1) is 20.9. The van der Waals surface area contributed by atoms with E-state index in [0.717, 1.165) is 5.56 Å². The molecule has 26 heavy (non-hydrogen) atoms. The Morgan fingerprint density at radius 3 is 2.04 bits per heavy atom. The normalized spacial score (nSPS) is 16.9. The van der Waals surface area contributed by atoms with E-state index in [1.807, 2.05) is 0 Å². The van der Waals surface area contributed by atoms with E-state index in [2.05, 4.69) is 45.0 Å². The smallest absolute Gasteiger partial charge is 0.281 e. The number of aryl methyl sites for hydroxylation is 1. The molecular weight excluding hydrogens is 350 g/mol. The fourth-order valence-corrected chi connectivity index (χ4v) is 4.07. The molecule has 0 N–H and O–H groups in total. The summed E-state index contributed by atoms with van der Waals surface area (Å²) in [6.45, 7) is 8.16. The molecule has 0 bridgehead atoms. The van der Waals surface area contributed by atoms with Crippen LogP contribution in [0.5, 0.6) is 0 Å². The zero-order valence-electron chi connectivity index (χ0n) is 16.5. The van der Waals surface area contributed by atoms with Crippen molar-refractivity contribution in [3.8, 4) is 0 Å². The first-order valence-corrected chi connectivity index (χ1v) is 10.5. The summed E-state index contributed by atoms with van der Waals surface area (Å²) < 4.78 is 26.9. The van der Waals surface area contributed by atoms with Crippen LogP contribution < -0.4 is 0 Å². The number of carbonyl (C=O) groups excluding carboxylic acids is 1. The maximum absolute atomic E-state index is 12.4. The molecule has 7 heteroatoms. The van der Waals surface area contributed by atoms with Crippen molar-refractivity contribution in [2.24, 2.45) is 0 Å². The van der Waals surface area contributed by atoms with Gasteiger partial charge in [0.25, 0.3) is 10.2 Å². The average molecular weight is 382 g/mol. The Labute approximate surface area is 158 Å². The highest BCUT2D eigenvalue weighted by Crippen LogP contribution is 2.22. The molecule has 0 aromatic heterocycles. The van der Waals surface area contributed by atoms with Gasteiger partial charge in [-0.15, -0.1) is 0 Å². The number of benzene rings is 1. The first-order valence-electron chi connectivity index (χ1n) is 9.06. The Kier molecular flexibility index (Phi) is 6.47. The van der Waals surface area contributed by atoms with Crippen molar-refractivity contribution in [1.82, 2.24) is 13.5 Å². The van der Waals surface area contributed by atoms with Crippen molar-refractivity contribution in [3.63, 3.8) is 0 Å². The van der Waals surface area contributed by atoms with Gasteiger partial charge in [0.15, 0.2) is 0 Å². The molecule has 0 spiro atoms. The molecule has 1 aliphatic heterocycles. The lowest BCUT2D eigenvalue weighted by Gasteiger charge is -2.35. The molecule has 0 radical (unpaired) electrons. The number of amides is 1. The van der Waals surface area contributed by atoms with Gasteiger partial charge in [-0.25, -0.2) is 0 Å². The third-order valence-corrected chi connectivity index (χ3v) is 6.77. The predicted octanol–water partition coefficient (Wildman–Crippen LogP) is 1.87. The highest BCUT2D eigenvalue weighted by atomic mass is 32.2. The van der Waals surface area contributed by atoms with Crippen LogP contribution in [0.2, 0.25) is 0 Å². The molecule has 2 rings (SSSR count). The summed E-state index contributed by atoms with van der Waals surface area (Å²) in [5, 5.41) is 0. The van der Waals surface area contributed by atoms with Gasteiger partial charge in [0.1, 0.15) is 0 Å². The van der Waals surface area contributed by atoms with Crippen molar-refractivity contribution in [1.29, 1.82) is 0 Å². The zero-order chi connectivity index (χ0) is 19.5. The van der Waals surface area contributed by atoms with Crippen LogP contribution >= 0.6 is 0 Å². The summed E-state index contributed by atoms with van der Waals surface area (Å²) in [5.41, 5.74) is 2.56. The summed E-state index contributed by atoms with van der Waals surface area (Å²) in [7, 11) is -0.341. The van der Waals surface area contributed by atoms with Crippen LogP contribution in [0, 0.1) is 0 Å². The molecule has 0 saturated carbocycles. The minimum Gasteiger partial charge on any atom is -0.340 e. The van der Waals surface area contributed by atoms with Crippen LogP contribution in [0.3, 0.4) is 0 Å². The van der Waals surface area contributed by atoms with E-state index in [4.69, 9.17) is 0 Å². The van der Waals surface area contributed by atoms with Gasteiger partial charge in [0, 0.05) is 46.7 Å². The van der Waals surface area contributed by atoms with E-state index in [1.54, 1.807) is 4.90 Å². The number of nitrogens with zero attached hydrogens (tertiary/aromatic N) is 3. The van der Waals surface area contributed by atoms with Gasteiger partial charge in [-0.1, -0.05) is 45.0 Å². The van der Waals surface area contributed by atoms with Crippen molar-refractivity contribution >= 4 is 16.1 Å². The summed E-state index contributed by atoms with van der Waals surface area (Å²) in [6, 6.07) is 8.44. The van der Waals surface area contributed by atoms with Gasteiger partial charge >= 0.3 is 0 Å². The van der Waals surface area contributed by atoms with Gasteiger partial charge in [-0.2, -0.15) is 17.0 Å². The molecule has 0 atom stereocenters. The SMILES string of the molecule is CN(C)S(=O)(=O)N1CCN(C(=O)CCc2ccc(C(C)(C)C)cc2)CC1. The lowest BCUT2D eigenvalue weighted by Crippen LogP contribution is -2.53. The number of rotatable bonds is 5. The van der Waals surface area contributed by atoms with E-state index in [9.17, 15) is 13.2 Å². The number of piperazine rings is 1. The van der Waals surface area contributed by atoms with Crippen LogP contribution in [0.4, 0.5) is 0 Å². The predicted molar refractivity (Wildman–Crippen MR) is 104 cm³/mol. The maximum atomic E-state index is 12.4. The average Bonchev–Trinajstić information content (AvgIpc) is 2.59. The molecular formula is C19H31N3O3S. The van der Waals surface area contributed by atoms with Crippen molar-refractivity contribution < 1.29 is 13.2 Å². The molecule has 1 aromatic carbocycles. The monoisotopic (exact) mass is 381 g/mol. The maximum Gasteiger partial charge on any atom is 0.281 e. The fourth-order valence-electron chi connectivity index (χ4n) is 2.98. The van der Waals surface area contributed by atoms with Crippen LogP contribution in [-0.2, 0) is 26.8 Å². The van der Waals surface area contributed by atoms with Gasteiger partial charge in [-0.3, -0.25) is 4.79 Å². The number of hydrogen-bond acceptors (Lipinski definition) is 3. The van der Waals surface area contributed by atoms with Gasteiger partial charge < -0.3 is 4.90 Å². The van der Waals surface area contributed by atoms with Crippen molar-refractivity contribution in [2.45, 2.75) is 39.0 Å². The molecule has 146 valence electrons. The molecule has 0 unspecified atom stereocenters. The third-order valence-electron chi connectivity index (χ3n) is 4.83. The molecule has 1 aromatic rings. The first-order chi connectivity index (χ1) is 12.0. The molecule has 1 heterocycles. The lowest BCUT2D eigenvalue weighted by atomic mass is 9.86. The Bertz CT molecular complexity index is 713. The highest BCUT2D eigenvalue weighted by molar-refractivity contribution is 7.86. The topological polar surface area (TPSA) is 60.9 Å². The molecule has 1 aliphatic rings. The zero-order valence-corrected chi connectivity index (χ0v) is 17.3. The Hall–Kier alpha value is -1.44. The minimum absolute atomic E-state index is 0.0896. The molecule has 1 fully saturated rings. The minimum atomic E-state index is -3.39. The fraction of sp³-hybridized carbons (Fsp3) is 0.632. The summed E-state index contributed by atoms with van der Waals surface area (Å²) >= 11 is 0. The second-order valence-electron chi connectivity index (χ2n) is 8.02.